The fraction of sp³-hybridized carbons (Fsp3) is 0.625. The molecular formula is C16H22BrN3O2. The average molecular weight is 368 g/mol. The largest absolute Gasteiger partial charge is 0.444 e. The van der Waals surface area contributed by atoms with E-state index in [9.17, 15) is 4.79 Å². The first kappa shape index (κ1) is 15.7. The van der Waals surface area contributed by atoms with E-state index in [0.717, 1.165) is 29.9 Å². The van der Waals surface area contributed by atoms with E-state index >= 15 is 0 Å². The molecule has 2 aliphatic rings. The first-order valence-corrected chi connectivity index (χ1v) is 8.45. The number of carbonyl (C=O) groups excluding carboxylic acids is 1. The van der Waals surface area contributed by atoms with Crippen molar-refractivity contribution in [2.24, 2.45) is 11.8 Å². The molecule has 6 heteroatoms. The van der Waals surface area contributed by atoms with Gasteiger partial charge < -0.3 is 15.0 Å². The van der Waals surface area contributed by atoms with Crippen molar-refractivity contribution in [1.29, 1.82) is 0 Å². The molecule has 1 amide bonds. The molecule has 1 saturated heterocycles. The lowest BCUT2D eigenvalue weighted by molar-refractivity contribution is 0.0269. The quantitative estimate of drug-likeness (QED) is 0.834. The number of piperidine rings is 1. The topological polar surface area (TPSA) is 54.5 Å². The highest BCUT2D eigenvalue weighted by Crippen LogP contribution is 2.45. The normalized spacial score (nSPS) is 26.7. The summed E-state index contributed by atoms with van der Waals surface area (Å²) in [6.45, 7) is 8.06. The summed E-state index contributed by atoms with van der Waals surface area (Å²) < 4.78 is 6.28. The van der Waals surface area contributed by atoms with Crippen molar-refractivity contribution in [3.8, 4) is 0 Å². The molecule has 22 heavy (non-hydrogen) atoms. The molecule has 2 unspecified atom stereocenters. The van der Waals surface area contributed by atoms with Gasteiger partial charge in [-0.2, -0.15) is 0 Å². The SMILES string of the molecule is CC(C)(C)OC(=O)N1CC2C(C1)C2NCc1cccc(Br)n1. The molecular weight excluding hydrogens is 346 g/mol. The van der Waals surface area contributed by atoms with E-state index < -0.39 is 5.60 Å². The van der Waals surface area contributed by atoms with Gasteiger partial charge in [0.1, 0.15) is 10.2 Å². The van der Waals surface area contributed by atoms with Crippen LogP contribution in [0.5, 0.6) is 0 Å². The average Bonchev–Trinajstić information content (AvgIpc) is 2.86. The number of carbonyl (C=O) groups is 1. The van der Waals surface area contributed by atoms with Crippen molar-refractivity contribution in [1.82, 2.24) is 15.2 Å². The maximum Gasteiger partial charge on any atom is 0.410 e. The van der Waals surface area contributed by atoms with Gasteiger partial charge in [0, 0.05) is 25.7 Å². The zero-order valence-corrected chi connectivity index (χ0v) is 14.8. The third-order valence-electron chi connectivity index (χ3n) is 4.14. The molecule has 1 aromatic heterocycles. The molecule has 0 radical (unpaired) electrons. The van der Waals surface area contributed by atoms with Crippen LogP contribution in [0.4, 0.5) is 4.79 Å². The second kappa shape index (κ2) is 5.81. The molecule has 0 aromatic carbocycles. The van der Waals surface area contributed by atoms with Crippen LogP contribution in [0.25, 0.3) is 0 Å². The van der Waals surface area contributed by atoms with E-state index in [4.69, 9.17) is 4.74 Å². The minimum Gasteiger partial charge on any atom is -0.444 e. The standard InChI is InChI=1S/C16H22BrN3O2/c1-16(2,3)22-15(21)20-8-11-12(9-20)14(11)18-7-10-5-4-6-13(17)19-10/h4-6,11-12,14,18H,7-9H2,1-3H3. The number of fused-ring (bicyclic) bond motifs is 1. The van der Waals surface area contributed by atoms with Gasteiger partial charge in [-0.05, 0) is 60.7 Å². The first-order chi connectivity index (χ1) is 10.3. The Labute approximate surface area is 139 Å². The number of rotatable bonds is 3. The Bertz CT molecular complexity index is 561. The summed E-state index contributed by atoms with van der Waals surface area (Å²) in [5, 5.41) is 3.55. The van der Waals surface area contributed by atoms with E-state index in [1.165, 1.54) is 0 Å². The molecule has 120 valence electrons. The van der Waals surface area contributed by atoms with E-state index in [1.54, 1.807) is 0 Å². The Kier molecular flexibility index (Phi) is 4.16. The summed E-state index contributed by atoms with van der Waals surface area (Å²) in [6, 6.07) is 6.43. The van der Waals surface area contributed by atoms with Gasteiger partial charge in [-0.15, -0.1) is 0 Å². The molecule has 1 aliphatic carbocycles. The van der Waals surface area contributed by atoms with Gasteiger partial charge >= 0.3 is 6.09 Å². The Hall–Kier alpha value is -1.14. The molecule has 5 nitrogen and oxygen atoms in total. The molecule has 0 bridgehead atoms. The number of ether oxygens (including phenoxy) is 1. The molecule has 1 aromatic rings. The molecule has 0 spiro atoms. The maximum absolute atomic E-state index is 12.0. The van der Waals surface area contributed by atoms with Gasteiger partial charge in [0.25, 0.3) is 0 Å². The lowest BCUT2D eigenvalue weighted by Gasteiger charge is -2.26. The van der Waals surface area contributed by atoms with Crippen LogP contribution < -0.4 is 5.32 Å². The van der Waals surface area contributed by atoms with Crippen molar-refractivity contribution in [2.45, 2.75) is 39.0 Å². The van der Waals surface area contributed by atoms with Crippen molar-refractivity contribution < 1.29 is 9.53 Å². The van der Waals surface area contributed by atoms with Gasteiger partial charge in [0.05, 0.1) is 5.69 Å². The molecule has 3 rings (SSSR count). The fourth-order valence-electron chi connectivity index (χ4n) is 3.08. The van der Waals surface area contributed by atoms with Gasteiger partial charge in [-0.1, -0.05) is 6.07 Å². The van der Waals surface area contributed by atoms with Gasteiger partial charge in [-0.3, -0.25) is 0 Å². The van der Waals surface area contributed by atoms with Crippen LogP contribution in [-0.4, -0.2) is 40.7 Å². The lowest BCUT2D eigenvalue weighted by atomic mass is 10.2. The molecule has 1 saturated carbocycles. The van der Waals surface area contributed by atoms with Crippen LogP contribution in [0, 0.1) is 11.8 Å². The van der Waals surface area contributed by atoms with Crippen LogP contribution in [0.15, 0.2) is 22.8 Å². The number of nitrogens with one attached hydrogen (secondary N) is 1. The third-order valence-corrected chi connectivity index (χ3v) is 4.58. The van der Waals surface area contributed by atoms with Gasteiger partial charge in [-0.25, -0.2) is 9.78 Å². The zero-order valence-electron chi connectivity index (χ0n) is 13.2. The molecule has 2 heterocycles. The molecule has 1 aliphatic heterocycles. The van der Waals surface area contributed by atoms with E-state index in [1.807, 2.05) is 43.9 Å². The smallest absolute Gasteiger partial charge is 0.410 e. The summed E-state index contributed by atoms with van der Waals surface area (Å²) in [7, 11) is 0. The maximum atomic E-state index is 12.0. The number of likely N-dealkylation sites (tertiary alicyclic amines) is 1. The fourth-order valence-corrected chi connectivity index (χ4v) is 3.46. The summed E-state index contributed by atoms with van der Waals surface area (Å²) in [5.41, 5.74) is 0.608. The predicted octanol–water partition coefficient (Wildman–Crippen LogP) is 2.80. The number of nitrogens with zero attached hydrogens (tertiary/aromatic N) is 2. The minimum atomic E-state index is -0.423. The molecule has 2 atom stereocenters. The highest BCUT2D eigenvalue weighted by molar-refractivity contribution is 9.10. The van der Waals surface area contributed by atoms with Crippen molar-refractivity contribution in [3.05, 3.63) is 28.5 Å². The summed E-state index contributed by atoms with van der Waals surface area (Å²) in [4.78, 5) is 18.3. The minimum absolute atomic E-state index is 0.188. The number of aromatic nitrogens is 1. The van der Waals surface area contributed by atoms with Crippen LogP contribution >= 0.6 is 15.9 Å². The van der Waals surface area contributed by atoms with Crippen LogP contribution in [0.2, 0.25) is 0 Å². The Morgan fingerprint density at radius 3 is 2.68 bits per heavy atom. The summed E-state index contributed by atoms with van der Waals surface area (Å²) in [5.74, 6) is 1.11. The monoisotopic (exact) mass is 367 g/mol. The first-order valence-electron chi connectivity index (χ1n) is 7.66. The number of pyridine rings is 1. The second-order valence-electron chi connectivity index (χ2n) is 7.07. The second-order valence-corrected chi connectivity index (χ2v) is 7.88. The van der Waals surface area contributed by atoms with Crippen molar-refractivity contribution >= 4 is 22.0 Å². The highest BCUT2D eigenvalue weighted by atomic mass is 79.9. The molecule has 2 fully saturated rings. The summed E-state index contributed by atoms with van der Waals surface area (Å²) in [6.07, 6.45) is -0.188. The number of amides is 1. The van der Waals surface area contributed by atoms with Gasteiger partial charge in [0.15, 0.2) is 0 Å². The Balaban J connectivity index is 1.44. The highest BCUT2D eigenvalue weighted by Gasteiger charge is 2.56. The van der Waals surface area contributed by atoms with Crippen LogP contribution in [-0.2, 0) is 11.3 Å². The Morgan fingerprint density at radius 1 is 1.41 bits per heavy atom. The van der Waals surface area contributed by atoms with Crippen molar-refractivity contribution in [3.63, 3.8) is 0 Å². The zero-order chi connectivity index (χ0) is 15.9. The van der Waals surface area contributed by atoms with E-state index in [2.05, 4.69) is 26.2 Å². The summed E-state index contributed by atoms with van der Waals surface area (Å²) >= 11 is 3.38. The van der Waals surface area contributed by atoms with E-state index in [-0.39, 0.29) is 6.09 Å². The van der Waals surface area contributed by atoms with Crippen molar-refractivity contribution in [2.75, 3.05) is 13.1 Å². The molecule has 1 N–H and O–H groups in total. The van der Waals surface area contributed by atoms with Gasteiger partial charge in [0.2, 0.25) is 0 Å². The van der Waals surface area contributed by atoms with Crippen LogP contribution in [0.3, 0.4) is 0 Å². The number of halogens is 1. The van der Waals surface area contributed by atoms with Crippen LogP contribution in [0.1, 0.15) is 26.5 Å². The lowest BCUT2D eigenvalue weighted by Crippen LogP contribution is -2.39. The number of hydrogen-bond donors (Lipinski definition) is 1. The third kappa shape index (κ3) is 3.60. The Morgan fingerprint density at radius 2 is 2.09 bits per heavy atom. The predicted molar refractivity (Wildman–Crippen MR) is 87.4 cm³/mol. The van der Waals surface area contributed by atoms with E-state index in [0.29, 0.717) is 17.9 Å². The number of hydrogen-bond acceptors (Lipinski definition) is 4.